The molecule has 0 radical (unpaired) electrons. The van der Waals surface area contributed by atoms with Crippen molar-refractivity contribution in [2.75, 3.05) is 34.0 Å². The zero-order valence-corrected chi connectivity index (χ0v) is 19.5. The maximum atomic E-state index is 13.6. The van der Waals surface area contributed by atoms with Gasteiger partial charge >= 0.3 is 0 Å². The highest BCUT2D eigenvalue weighted by Gasteiger charge is 2.42. The number of carbonyl (C=O) groups excluding carboxylic acids is 1. The van der Waals surface area contributed by atoms with Crippen LogP contribution < -0.4 is 14.9 Å². The average Bonchev–Trinajstić information content (AvgIpc) is 3.10. The quantitative estimate of drug-likeness (QED) is 0.447. The van der Waals surface area contributed by atoms with Gasteiger partial charge in [-0.25, -0.2) is 0 Å². The van der Waals surface area contributed by atoms with Gasteiger partial charge in [-0.3, -0.25) is 9.59 Å². The Kier molecular flexibility index (Phi) is 6.70. The van der Waals surface area contributed by atoms with E-state index in [0.717, 1.165) is 24.0 Å². The number of nitrogens with zero attached hydrogens (tertiary/aromatic N) is 1. The molecule has 0 unspecified atom stereocenters. The largest absolute Gasteiger partial charge is 0.493 e. The monoisotopic (exact) mass is 451 g/mol. The molecule has 7 heteroatoms. The number of rotatable bonds is 9. The van der Waals surface area contributed by atoms with E-state index in [0.29, 0.717) is 47.8 Å². The van der Waals surface area contributed by atoms with Crippen LogP contribution in [0.25, 0.3) is 11.0 Å². The van der Waals surface area contributed by atoms with Crippen LogP contribution in [-0.4, -0.2) is 44.8 Å². The van der Waals surface area contributed by atoms with E-state index >= 15 is 0 Å². The second-order valence-corrected chi connectivity index (χ2v) is 8.18. The van der Waals surface area contributed by atoms with Crippen molar-refractivity contribution in [3.8, 4) is 11.5 Å². The summed E-state index contributed by atoms with van der Waals surface area (Å²) in [7, 11) is 3.15. The number of benzene rings is 2. The molecule has 0 fully saturated rings. The fraction of sp³-hybridized carbons (Fsp3) is 0.385. The van der Waals surface area contributed by atoms with Crippen LogP contribution in [0.1, 0.15) is 53.1 Å². The van der Waals surface area contributed by atoms with Gasteiger partial charge in [0.15, 0.2) is 16.9 Å². The second-order valence-electron chi connectivity index (χ2n) is 8.18. The van der Waals surface area contributed by atoms with Gasteiger partial charge in [-0.05, 0) is 43.2 Å². The fourth-order valence-corrected chi connectivity index (χ4v) is 4.20. The fourth-order valence-electron chi connectivity index (χ4n) is 4.20. The number of methoxy groups -OCH3 is 2. The maximum Gasteiger partial charge on any atom is 0.290 e. The zero-order chi connectivity index (χ0) is 23.5. The molecule has 2 aromatic carbocycles. The lowest BCUT2D eigenvalue weighted by molar-refractivity contribution is 0.0663. The number of ether oxygens (including phenoxy) is 3. The number of hydrogen-bond donors (Lipinski definition) is 0. The van der Waals surface area contributed by atoms with Gasteiger partial charge in [0.2, 0.25) is 5.76 Å². The minimum atomic E-state index is -0.609. The van der Waals surface area contributed by atoms with Gasteiger partial charge in [-0.1, -0.05) is 31.0 Å². The lowest BCUT2D eigenvalue weighted by atomic mass is 9.97. The Hall–Kier alpha value is -3.32. The van der Waals surface area contributed by atoms with E-state index in [1.54, 1.807) is 31.3 Å². The number of amides is 1. The van der Waals surface area contributed by atoms with E-state index in [9.17, 15) is 9.59 Å². The molecular formula is C26H29NO6. The summed E-state index contributed by atoms with van der Waals surface area (Å²) in [6, 6.07) is 10.3. The van der Waals surface area contributed by atoms with Crippen LogP contribution in [0.15, 0.2) is 45.6 Å². The molecule has 0 N–H and O–H groups in total. The molecule has 7 nitrogen and oxygen atoms in total. The van der Waals surface area contributed by atoms with Crippen LogP contribution in [0.3, 0.4) is 0 Å². The highest BCUT2D eigenvalue weighted by Crippen LogP contribution is 2.40. The summed E-state index contributed by atoms with van der Waals surface area (Å²) in [5.74, 6) is 0.939. The summed E-state index contributed by atoms with van der Waals surface area (Å²) in [6.45, 7) is 5.26. The Labute approximate surface area is 192 Å². The smallest absolute Gasteiger partial charge is 0.290 e. The van der Waals surface area contributed by atoms with Gasteiger partial charge in [-0.15, -0.1) is 0 Å². The molecule has 0 saturated heterocycles. The molecule has 0 saturated carbocycles. The van der Waals surface area contributed by atoms with Crippen molar-refractivity contribution < 1.29 is 23.4 Å². The topological polar surface area (TPSA) is 78.2 Å². The number of carbonyl (C=O) groups is 1. The molecule has 1 aliphatic rings. The van der Waals surface area contributed by atoms with Gasteiger partial charge in [-0.2, -0.15) is 0 Å². The maximum absolute atomic E-state index is 13.6. The van der Waals surface area contributed by atoms with E-state index in [1.165, 1.54) is 0 Å². The SMILES string of the molecule is CCCCOc1ccc([C@@H]2c3c(oc4ccc(C)cc4c3=O)C(=O)N2CCOC)cc1OC. The first-order valence-electron chi connectivity index (χ1n) is 11.2. The van der Waals surface area contributed by atoms with E-state index in [4.69, 9.17) is 18.6 Å². The van der Waals surface area contributed by atoms with Crippen LogP contribution >= 0.6 is 0 Å². The number of fused-ring (bicyclic) bond motifs is 2. The highest BCUT2D eigenvalue weighted by molar-refractivity contribution is 5.99. The summed E-state index contributed by atoms with van der Waals surface area (Å²) in [5.41, 5.74) is 2.24. The van der Waals surface area contributed by atoms with Crippen molar-refractivity contribution in [3.63, 3.8) is 0 Å². The second kappa shape index (κ2) is 9.67. The predicted molar refractivity (Wildman–Crippen MR) is 125 cm³/mol. The summed E-state index contributed by atoms with van der Waals surface area (Å²) >= 11 is 0. The number of aryl methyl sites for hydroxylation is 1. The molecule has 3 aromatic rings. The van der Waals surface area contributed by atoms with Gasteiger partial charge in [0.25, 0.3) is 5.91 Å². The zero-order valence-electron chi connectivity index (χ0n) is 19.5. The third-order valence-corrected chi connectivity index (χ3v) is 5.92. The van der Waals surface area contributed by atoms with E-state index in [1.807, 2.05) is 31.2 Å². The lowest BCUT2D eigenvalue weighted by Crippen LogP contribution is -2.32. The summed E-state index contributed by atoms with van der Waals surface area (Å²) in [4.78, 5) is 28.5. The molecule has 4 rings (SSSR count). The van der Waals surface area contributed by atoms with E-state index in [2.05, 4.69) is 6.92 Å². The summed E-state index contributed by atoms with van der Waals surface area (Å²) in [6.07, 6.45) is 1.97. The van der Waals surface area contributed by atoms with Crippen LogP contribution in [-0.2, 0) is 4.74 Å². The van der Waals surface area contributed by atoms with Crippen LogP contribution in [0.4, 0.5) is 0 Å². The third-order valence-electron chi connectivity index (χ3n) is 5.92. The van der Waals surface area contributed by atoms with E-state index < -0.39 is 6.04 Å². The molecule has 0 bridgehead atoms. The van der Waals surface area contributed by atoms with Crippen molar-refractivity contribution >= 4 is 16.9 Å². The van der Waals surface area contributed by atoms with Crippen LogP contribution in [0.2, 0.25) is 0 Å². The normalized spacial score (nSPS) is 15.2. The van der Waals surface area contributed by atoms with Crippen molar-refractivity contribution in [1.29, 1.82) is 0 Å². The average molecular weight is 452 g/mol. The lowest BCUT2D eigenvalue weighted by Gasteiger charge is -2.25. The van der Waals surface area contributed by atoms with Gasteiger partial charge in [0.05, 0.1) is 37.3 Å². The first-order chi connectivity index (χ1) is 16.0. The van der Waals surface area contributed by atoms with Gasteiger partial charge in [0.1, 0.15) is 5.58 Å². The number of unbranched alkanes of at least 4 members (excludes halogenated alkanes) is 1. The minimum absolute atomic E-state index is 0.0831. The molecule has 33 heavy (non-hydrogen) atoms. The van der Waals surface area contributed by atoms with Crippen LogP contribution in [0.5, 0.6) is 11.5 Å². The Morgan fingerprint density at radius 1 is 1.03 bits per heavy atom. The Morgan fingerprint density at radius 2 is 1.85 bits per heavy atom. The van der Waals surface area contributed by atoms with Crippen LogP contribution in [0, 0.1) is 6.92 Å². The first-order valence-corrected chi connectivity index (χ1v) is 11.2. The van der Waals surface area contributed by atoms with Gasteiger partial charge < -0.3 is 23.5 Å². The number of hydrogen-bond acceptors (Lipinski definition) is 6. The highest BCUT2D eigenvalue weighted by atomic mass is 16.5. The Balaban J connectivity index is 1.85. The van der Waals surface area contributed by atoms with Crippen molar-refractivity contribution in [1.82, 2.24) is 4.90 Å². The Bertz CT molecular complexity index is 1230. The van der Waals surface area contributed by atoms with Crippen molar-refractivity contribution in [2.24, 2.45) is 0 Å². The molecule has 1 amide bonds. The molecule has 174 valence electrons. The summed E-state index contributed by atoms with van der Waals surface area (Å²) in [5, 5.41) is 0.464. The standard InChI is InChI=1S/C26H29NO6/c1-5-6-12-32-20-10-8-17(15-21(20)31-4)23-22-24(28)18-14-16(2)7-9-19(18)33-25(22)26(29)27(23)11-13-30-3/h7-10,14-15,23H,5-6,11-13H2,1-4H3/t23-/m1/s1. The minimum Gasteiger partial charge on any atom is -0.493 e. The molecule has 2 heterocycles. The van der Waals surface area contributed by atoms with Crippen molar-refractivity contribution in [3.05, 3.63) is 69.1 Å². The molecule has 1 aliphatic heterocycles. The molecule has 1 atom stereocenters. The Morgan fingerprint density at radius 3 is 2.58 bits per heavy atom. The van der Waals surface area contributed by atoms with E-state index in [-0.39, 0.29) is 17.1 Å². The predicted octanol–water partition coefficient (Wildman–Crippen LogP) is 4.48. The third kappa shape index (κ3) is 4.20. The van der Waals surface area contributed by atoms with Gasteiger partial charge in [0, 0.05) is 13.7 Å². The molecule has 0 aliphatic carbocycles. The first kappa shape index (κ1) is 22.9. The summed E-state index contributed by atoms with van der Waals surface area (Å²) < 4.78 is 22.6. The van der Waals surface area contributed by atoms with Crippen molar-refractivity contribution in [2.45, 2.75) is 32.7 Å². The molecular weight excluding hydrogens is 422 g/mol. The molecule has 1 aromatic heterocycles. The molecule has 0 spiro atoms.